The molecule has 2 atom stereocenters. The highest BCUT2D eigenvalue weighted by atomic mass is 19.4. The molecule has 0 aliphatic heterocycles. The molecule has 1 aliphatic carbocycles. The number of carbonyl (C=O) groups excluding carboxylic acids is 1. The van der Waals surface area contributed by atoms with E-state index in [-0.39, 0.29) is 35.7 Å². The van der Waals surface area contributed by atoms with Crippen LogP contribution >= 0.6 is 0 Å². The van der Waals surface area contributed by atoms with E-state index in [0.717, 1.165) is 25.7 Å². The summed E-state index contributed by atoms with van der Waals surface area (Å²) in [5.41, 5.74) is 6.26. The fraction of sp³-hybridized carbons (Fsp3) is 0.562. The molecule has 1 aromatic rings. The Balaban J connectivity index is 1.95. The largest absolute Gasteiger partial charge is 0.482 e. The lowest BCUT2D eigenvalue weighted by molar-refractivity contribution is -0.153. The number of hydrogen-bond acceptors (Lipinski definition) is 3. The normalized spacial score (nSPS) is 21.7. The van der Waals surface area contributed by atoms with Crippen molar-refractivity contribution in [2.24, 2.45) is 11.7 Å². The maximum absolute atomic E-state index is 12.3. The lowest BCUT2D eigenvalue weighted by atomic mass is 9.83. The van der Waals surface area contributed by atoms with Crippen molar-refractivity contribution >= 4 is 11.6 Å². The first-order valence-corrected chi connectivity index (χ1v) is 7.69. The number of halogens is 3. The van der Waals surface area contributed by atoms with Crippen LogP contribution in [0, 0.1) is 5.92 Å². The fourth-order valence-electron chi connectivity index (χ4n) is 2.78. The minimum absolute atomic E-state index is 0.00566. The molecule has 1 aliphatic rings. The number of ether oxygens (including phenoxy) is 1. The Kier molecular flexibility index (Phi) is 5.87. The summed E-state index contributed by atoms with van der Waals surface area (Å²) in [5.74, 6) is -0.131. The third-order valence-corrected chi connectivity index (χ3v) is 3.97. The molecule has 7 heteroatoms. The smallest absolute Gasteiger partial charge is 0.422 e. The van der Waals surface area contributed by atoms with Crippen LogP contribution in [0.2, 0.25) is 0 Å². The van der Waals surface area contributed by atoms with E-state index in [4.69, 9.17) is 10.5 Å². The van der Waals surface area contributed by atoms with Crippen LogP contribution in [0.5, 0.6) is 5.75 Å². The third-order valence-electron chi connectivity index (χ3n) is 3.97. The molecule has 1 amide bonds. The lowest BCUT2D eigenvalue weighted by Gasteiger charge is -2.28. The topological polar surface area (TPSA) is 64.4 Å². The Labute approximate surface area is 133 Å². The highest BCUT2D eigenvalue weighted by Gasteiger charge is 2.29. The van der Waals surface area contributed by atoms with Gasteiger partial charge in [0.2, 0.25) is 5.91 Å². The molecular weight excluding hydrogens is 309 g/mol. The van der Waals surface area contributed by atoms with Crippen molar-refractivity contribution < 1.29 is 22.7 Å². The van der Waals surface area contributed by atoms with Gasteiger partial charge in [0.15, 0.2) is 6.61 Å². The zero-order valence-electron chi connectivity index (χ0n) is 12.7. The molecule has 0 radical (unpaired) electrons. The summed E-state index contributed by atoms with van der Waals surface area (Å²) in [7, 11) is 0. The molecule has 2 unspecified atom stereocenters. The first-order valence-electron chi connectivity index (χ1n) is 7.69. The molecular formula is C16H21F3N2O2. The van der Waals surface area contributed by atoms with E-state index in [9.17, 15) is 18.0 Å². The third kappa shape index (κ3) is 5.74. The Morgan fingerprint density at radius 2 is 1.96 bits per heavy atom. The number of rotatable bonds is 5. The number of carbonyl (C=O) groups is 1. The zero-order chi connectivity index (χ0) is 16.9. The maximum Gasteiger partial charge on any atom is 0.422 e. The van der Waals surface area contributed by atoms with Gasteiger partial charge in [0.05, 0.1) is 5.69 Å². The number of nitrogens with two attached hydrogens (primary N) is 1. The molecule has 1 saturated carbocycles. The average molecular weight is 330 g/mol. The van der Waals surface area contributed by atoms with Crippen molar-refractivity contribution in [1.29, 1.82) is 0 Å². The van der Waals surface area contributed by atoms with E-state index in [0.29, 0.717) is 0 Å². The van der Waals surface area contributed by atoms with Crippen LogP contribution in [0.3, 0.4) is 0 Å². The predicted octanol–water partition coefficient (Wildman–Crippen LogP) is 3.47. The molecule has 4 nitrogen and oxygen atoms in total. The molecule has 1 fully saturated rings. The second-order valence-corrected chi connectivity index (χ2v) is 5.86. The SMILES string of the molecule is NC1CCCCC1CC(=O)Nc1ccccc1OCC(F)(F)F. The summed E-state index contributed by atoms with van der Waals surface area (Å²) in [4.78, 5) is 12.1. The van der Waals surface area contributed by atoms with Gasteiger partial charge in [-0.3, -0.25) is 4.79 Å². The van der Waals surface area contributed by atoms with Crippen LogP contribution in [-0.2, 0) is 4.79 Å². The molecule has 0 heterocycles. The number of benzene rings is 1. The Morgan fingerprint density at radius 3 is 2.65 bits per heavy atom. The monoisotopic (exact) mass is 330 g/mol. The van der Waals surface area contributed by atoms with E-state index in [1.165, 1.54) is 12.1 Å². The molecule has 23 heavy (non-hydrogen) atoms. The number of hydrogen-bond donors (Lipinski definition) is 2. The van der Waals surface area contributed by atoms with Crippen molar-refractivity contribution in [3.05, 3.63) is 24.3 Å². The van der Waals surface area contributed by atoms with Crippen LogP contribution in [0.4, 0.5) is 18.9 Å². The zero-order valence-corrected chi connectivity index (χ0v) is 12.7. The summed E-state index contributed by atoms with van der Waals surface area (Å²) >= 11 is 0. The molecule has 1 aromatic carbocycles. The Morgan fingerprint density at radius 1 is 1.26 bits per heavy atom. The summed E-state index contributed by atoms with van der Waals surface area (Å²) < 4.78 is 41.5. The van der Waals surface area contributed by atoms with E-state index in [2.05, 4.69) is 5.32 Å². The molecule has 128 valence electrons. The van der Waals surface area contributed by atoms with Crippen molar-refractivity contribution in [3.8, 4) is 5.75 Å². The van der Waals surface area contributed by atoms with Gasteiger partial charge in [-0.2, -0.15) is 13.2 Å². The highest BCUT2D eigenvalue weighted by Crippen LogP contribution is 2.29. The molecule has 0 bridgehead atoms. The Hall–Kier alpha value is -1.76. The quantitative estimate of drug-likeness (QED) is 0.869. The van der Waals surface area contributed by atoms with Crippen LogP contribution < -0.4 is 15.8 Å². The minimum Gasteiger partial charge on any atom is -0.482 e. The van der Waals surface area contributed by atoms with Crippen LogP contribution in [0.15, 0.2) is 24.3 Å². The van der Waals surface area contributed by atoms with Gasteiger partial charge in [-0.25, -0.2) is 0 Å². The van der Waals surface area contributed by atoms with Crippen molar-refractivity contribution in [1.82, 2.24) is 0 Å². The first-order chi connectivity index (χ1) is 10.8. The average Bonchev–Trinajstić information content (AvgIpc) is 2.48. The summed E-state index contributed by atoms with van der Waals surface area (Å²) in [6.45, 7) is -1.40. The van der Waals surface area contributed by atoms with Crippen LogP contribution in [0.1, 0.15) is 32.1 Å². The first kappa shape index (κ1) is 17.6. The van der Waals surface area contributed by atoms with Crippen molar-refractivity contribution in [2.45, 2.75) is 44.3 Å². The molecule has 2 rings (SSSR count). The number of alkyl halides is 3. The van der Waals surface area contributed by atoms with Gasteiger partial charge in [0.25, 0.3) is 0 Å². The van der Waals surface area contributed by atoms with E-state index in [1.807, 2.05) is 0 Å². The summed E-state index contributed by atoms with van der Waals surface area (Å²) in [6.07, 6.45) is -0.213. The lowest BCUT2D eigenvalue weighted by Crippen LogP contribution is -2.35. The van der Waals surface area contributed by atoms with Gasteiger partial charge in [0, 0.05) is 12.5 Å². The highest BCUT2D eigenvalue weighted by molar-refractivity contribution is 5.92. The number of nitrogens with one attached hydrogen (secondary N) is 1. The van der Waals surface area contributed by atoms with Gasteiger partial charge in [0.1, 0.15) is 5.75 Å². The van der Waals surface area contributed by atoms with Crippen molar-refractivity contribution in [2.75, 3.05) is 11.9 Å². The minimum atomic E-state index is -4.42. The van der Waals surface area contributed by atoms with Crippen LogP contribution in [0.25, 0.3) is 0 Å². The second kappa shape index (κ2) is 7.68. The Bertz CT molecular complexity index is 534. The van der Waals surface area contributed by atoms with Gasteiger partial charge >= 0.3 is 6.18 Å². The van der Waals surface area contributed by atoms with Gasteiger partial charge in [-0.1, -0.05) is 25.0 Å². The van der Waals surface area contributed by atoms with E-state index < -0.39 is 12.8 Å². The van der Waals surface area contributed by atoms with Crippen molar-refractivity contribution in [3.63, 3.8) is 0 Å². The standard InChI is InChI=1S/C16H21F3N2O2/c17-16(18,19)10-23-14-8-4-3-7-13(14)21-15(22)9-11-5-1-2-6-12(11)20/h3-4,7-8,11-12H,1-2,5-6,9-10,20H2,(H,21,22). The van der Waals surface area contributed by atoms with Gasteiger partial charge in [-0.15, -0.1) is 0 Å². The van der Waals surface area contributed by atoms with Crippen LogP contribution in [-0.4, -0.2) is 24.7 Å². The fourth-order valence-corrected chi connectivity index (χ4v) is 2.78. The molecule has 0 spiro atoms. The molecule has 0 saturated heterocycles. The maximum atomic E-state index is 12.3. The number of amides is 1. The van der Waals surface area contributed by atoms with E-state index in [1.54, 1.807) is 12.1 Å². The number of para-hydroxylation sites is 2. The van der Waals surface area contributed by atoms with Gasteiger partial charge < -0.3 is 15.8 Å². The second-order valence-electron chi connectivity index (χ2n) is 5.86. The van der Waals surface area contributed by atoms with E-state index >= 15 is 0 Å². The predicted molar refractivity (Wildman–Crippen MR) is 81.2 cm³/mol. The molecule has 0 aromatic heterocycles. The van der Waals surface area contributed by atoms with Gasteiger partial charge in [-0.05, 0) is 30.9 Å². The number of anilines is 1. The summed E-state index contributed by atoms with van der Waals surface area (Å²) in [5, 5.41) is 2.63. The summed E-state index contributed by atoms with van der Waals surface area (Å²) in [6, 6.07) is 6.10. The molecule has 3 N–H and O–H groups in total.